The maximum atomic E-state index is 5.42. The van der Waals surface area contributed by atoms with Gasteiger partial charge in [0.05, 0.1) is 19.8 Å². The molecule has 5 heteroatoms. The van der Waals surface area contributed by atoms with E-state index >= 15 is 0 Å². The number of rotatable bonds is 0. The van der Waals surface area contributed by atoms with Crippen LogP contribution in [0.1, 0.15) is 369 Å². The fourth-order valence-corrected chi connectivity index (χ4v) is 7.90. The molecule has 0 fully saturated rings. The molecule has 0 bridgehead atoms. The second-order valence-electron chi connectivity index (χ2n) is 25.5. The summed E-state index contributed by atoms with van der Waals surface area (Å²) in [6.07, 6.45) is 15.1. The highest BCUT2D eigenvalue weighted by atomic mass is 16.6. The van der Waals surface area contributed by atoms with Gasteiger partial charge >= 0.3 is 0 Å². The molecule has 4 aliphatic heterocycles. The monoisotopic (exact) mass is 1500 g/mol. The lowest BCUT2D eigenvalue weighted by molar-refractivity contribution is 0.171. The lowest BCUT2D eigenvalue weighted by Crippen LogP contribution is -2.14. The summed E-state index contributed by atoms with van der Waals surface area (Å²) in [7, 11) is 0. The van der Waals surface area contributed by atoms with E-state index in [2.05, 4.69) is 203 Å². The van der Waals surface area contributed by atoms with Crippen LogP contribution in [-0.4, -0.2) is 33.0 Å². The summed E-state index contributed by atoms with van der Waals surface area (Å²) in [6, 6.07) is 49.9. The van der Waals surface area contributed by atoms with E-state index < -0.39 is 0 Å². The van der Waals surface area contributed by atoms with Crippen molar-refractivity contribution in [2.75, 3.05) is 33.0 Å². The fourth-order valence-electron chi connectivity index (χ4n) is 7.90. The third-order valence-corrected chi connectivity index (χ3v) is 11.0. The molecular weight excluding hydrogens is 1310 g/mol. The Kier molecular flexibility index (Phi) is 136. The predicted octanol–water partition coefficient (Wildman–Crippen LogP) is 34.8. The highest BCUT2D eigenvalue weighted by Gasteiger charge is 2.11. The van der Waals surface area contributed by atoms with Gasteiger partial charge in [-0.2, -0.15) is 0 Å². The quantitative estimate of drug-likeness (QED) is 0.152. The minimum Gasteiger partial charge on any atom is -0.493 e. The number of hydrogen-bond donors (Lipinski definition) is 0. The minimum atomic E-state index is 0. The summed E-state index contributed by atoms with van der Waals surface area (Å²) in [5.74, 6) is 9.93. The third-order valence-electron chi connectivity index (χ3n) is 11.0. The van der Waals surface area contributed by atoms with E-state index in [1.807, 2.05) is 233 Å². The SMILES string of the molecule is C.CC.CC.CC.CC.CC.CC.CC.CC.CC.CC.CC.CC.CC(C)C.CC(C)C.CC(C)C.CC(C)C.CC(C)C.CC(C)C.c1ccc2c(c1)CCC2.c1ccc2c(c1)CCCC2.c1ccc2c(c1)CCCO2.c1ccc2c(c1)CCCO2.c1ccc2c(c1)CCO2.c1ccc2c(c1)OCCO2. The Morgan fingerprint density at radius 1 is 0.168 bits per heavy atom. The average molecular weight is 1500 g/mol. The van der Waals surface area contributed by atoms with Crippen LogP contribution in [0.2, 0.25) is 0 Å². The van der Waals surface area contributed by atoms with E-state index in [-0.39, 0.29) is 7.43 Å². The van der Waals surface area contributed by atoms with Crippen molar-refractivity contribution in [3.8, 4) is 28.7 Å². The smallest absolute Gasteiger partial charge is 0.161 e. The van der Waals surface area contributed by atoms with Crippen LogP contribution in [0.25, 0.3) is 0 Å². The van der Waals surface area contributed by atoms with Crippen LogP contribution in [0.3, 0.4) is 0 Å². The maximum absolute atomic E-state index is 5.42. The van der Waals surface area contributed by atoms with Crippen LogP contribution < -0.4 is 23.7 Å². The zero-order valence-electron chi connectivity index (χ0n) is 79.4. The largest absolute Gasteiger partial charge is 0.493 e. The van der Waals surface area contributed by atoms with E-state index in [0.29, 0.717) is 13.2 Å². The number of fused-ring (bicyclic) bond motifs is 6. The van der Waals surface area contributed by atoms with Crippen molar-refractivity contribution in [3.63, 3.8) is 0 Å². The van der Waals surface area contributed by atoms with Crippen LogP contribution in [0.5, 0.6) is 28.7 Å². The van der Waals surface area contributed by atoms with Crippen molar-refractivity contribution in [3.05, 3.63) is 185 Å². The van der Waals surface area contributed by atoms with Gasteiger partial charge in [0.15, 0.2) is 11.5 Å². The van der Waals surface area contributed by atoms with Gasteiger partial charge in [0.25, 0.3) is 0 Å². The second kappa shape index (κ2) is 111. The molecule has 2 aliphatic carbocycles. The molecule has 0 aromatic heterocycles. The average Bonchev–Trinajstić information content (AvgIpc) is 1.75. The molecule has 0 saturated heterocycles. The molecule has 4 heterocycles. The van der Waals surface area contributed by atoms with E-state index in [1.54, 1.807) is 22.3 Å². The van der Waals surface area contributed by atoms with Crippen molar-refractivity contribution < 1.29 is 23.7 Å². The molecule has 632 valence electrons. The number of hydrogen-bond acceptors (Lipinski definition) is 5. The first-order chi connectivity index (χ1) is 51.2. The van der Waals surface area contributed by atoms with Gasteiger partial charge in [0.1, 0.15) is 30.5 Å². The van der Waals surface area contributed by atoms with Gasteiger partial charge < -0.3 is 23.7 Å². The minimum absolute atomic E-state index is 0. The molecular formula is C102H194O5. The topological polar surface area (TPSA) is 46.2 Å². The number of benzene rings is 6. The molecule has 0 radical (unpaired) electrons. The summed E-state index contributed by atoms with van der Waals surface area (Å²) in [5.41, 5.74) is 10.3. The van der Waals surface area contributed by atoms with Crippen molar-refractivity contribution >= 4 is 0 Å². The van der Waals surface area contributed by atoms with Crippen molar-refractivity contribution in [2.45, 2.75) is 375 Å². The number of ether oxygens (including phenoxy) is 5. The van der Waals surface area contributed by atoms with Crippen molar-refractivity contribution in [1.29, 1.82) is 0 Å². The molecule has 107 heavy (non-hydrogen) atoms. The van der Waals surface area contributed by atoms with Crippen LogP contribution in [0, 0.1) is 35.5 Å². The summed E-state index contributed by atoms with van der Waals surface area (Å²) in [5, 5.41) is 0. The van der Waals surface area contributed by atoms with Crippen LogP contribution in [0.15, 0.2) is 146 Å². The zero-order chi connectivity index (χ0) is 84.9. The van der Waals surface area contributed by atoms with Crippen molar-refractivity contribution in [2.24, 2.45) is 35.5 Å². The summed E-state index contributed by atoms with van der Waals surface area (Å²) >= 11 is 0. The molecule has 0 amide bonds. The van der Waals surface area contributed by atoms with Gasteiger partial charge in [-0.05, 0) is 175 Å². The predicted molar refractivity (Wildman–Crippen MR) is 501 cm³/mol. The number of para-hydroxylation sites is 5. The van der Waals surface area contributed by atoms with Gasteiger partial charge in [-0.15, -0.1) is 0 Å². The third kappa shape index (κ3) is 96.4. The zero-order valence-corrected chi connectivity index (χ0v) is 79.4. The van der Waals surface area contributed by atoms with Gasteiger partial charge in [0.2, 0.25) is 0 Å². The lowest BCUT2D eigenvalue weighted by atomic mass is 9.92. The Morgan fingerprint density at radius 2 is 0.318 bits per heavy atom. The van der Waals surface area contributed by atoms with E-state index in [9.17, 15) is 0 Å². The summed E-state index contributed by atoms with van der Waals surface area (Å²) in [6.45, 7) is 91.0. The summed E-state index contributed by atoms with van der Waals surface area (Å²) in [4.78, 5) is 0. The molecule has 0 saturated carbocycles. The van der Waals surface area contributed by atoms with Gasteiger partial charge in [-0.1, -0.05) is 413 Å². The molecule has 12 rings (SSSR count). The molecule has 0 atom stereocenters. The molecule has 0 N–H and O–H groups in total. The standard InChI is InChI=1S/C10H12.2C9H10O.C9H10.C8H8O2.C8H8O.6C4H10.12C2H6.CH4/c1-2-6-10-8-4-3-7-9(10)5-1;2*1-2-6-9-8(4-1)5-3-7-10-9;1-2-5-9-7-3-6-8(9)4-1;1-2-4-8-7(3-1)9-5-6-10-8;1-2-4-8-7(3-1)5-6-9-8;6*1-4(2)3;12*1-2;/h1-2,5-6H,3-4,7-8H2;2*1-2,4,6H,3,5,7H2;1-2,4-5H,3,6-7H2;1-4H,5-6H2;1-4H,5-6H2;6*4H,1-3H3;12*1-2H3;1H4. The number of aryl methyl sites for hydroxylation is 6. The van der Waals surface area contributed by atoms with E-state index in [0.717, 1.165) is 103 Å². The Balaban J connectivity index is -0.0000000809. The first-order valence-corrected chi connectivity index (χ1v) is 43.8. The molecule has 6 aromatic rings. The van der Waals surface area contributed by atoms with Gasteiger partial charge in [-0.25, -0.2) is 0 Å². The Bertz CT molecular complexity index is 1980. The molecule has 0 unspecified atom stereocenters. The van der Waals surface area contributed by atoms with Gasteiger partial charge in [-0.3, -0.25) is 0 Å². The fraction of sp³-hybridized carbons (Fsp3) is 0.647. The second-order valence-corrected chi connectivity index (χ2v) is 25.5. The Hall–Kier alpha value is -5.68. The highest BCUT2D eigenvalue weighted by Crippen LogP contribution is 2.29. The highest BCUT2D eigenvalue weighted by molar-refractivity contribution is 5.40. The maximum Gasteiger partial charge on any atom is 0.161 e. The molecule has 0 spiro atoms. The molecule has 5 nitrogen and oxygen atoms in total. The summed E-state index contributed by atoms with van der Waals surface area (Å²) < 4.78 is 26.7. The van der Waals surface area contributed by atoms with E-state index in [1.165, 1.54) is 74.5 Å². The van der Waals surface area contributed by atoms with E-state index in [4.69, 9.17) is 23.7 Å². The van der Waals surface area contributed by atoms with Crippen LogP contribution >= 0.6 is 0 Å². The van der Waals surface area contributed by atoms with Gasteiger partial charge in [0, 0.05) is 6.42 Å². The normalized spacial score (nSPS) is 11.1. The van der Waals surface area contributed by atoms with Crippen LogP contribution in [0.4, 0.5) is 0 Å². The molecule has 6 aromatic carbocycles. The Labute approximate surface area is 676 Å². The van der Waals surface area contributed by atoms with Crippen molar-refractivity contribution in [1.82, 2.24) is 0 Å². The van der Waals surface area contributed by atoms with Crippen LogP contribution in [-0.2, 0) is 44.9 Å². The molecule has 6 aliphatic rings. The Morgan fingerprint density at radius 3 is 0.523 bits per heavy atom. The first kappa shape index (κ1) is 131. The first-order valence-electron chi connectivity index (χ1n) is 43.8. The lowest BCUT2D eigenvalue weighted by Gasteiger charge is -2.17.